The Kier molecular flexibility index (Phi) is 5.67. The Balaban J connectivity index is 1.47. The van der Waals surface area contributed by atoms with Crippen LogP contribution in [0.15, 0.2) is 66.7 Å². The van der Waals surface area contributed by atoms with Gasteiger partial charge >= 0.3 is 6.18 Å². The molecule has 0 bridgehead atoms. The summed E-state index contributed by atoms with van der Waals surface area (Å²) in [6.45, 7) is 1.66. The fourth-order valence-electron chi connectivity index (χ4n) is 3.89. The Hall–Kier alpha value is -3.35. The number of carbonyl (C=O) groups is 2. The highest BCUT2D eigenvalue weighted by Gasteiger charge is 2.31. The second-order valence-electron chi connectivity index (χ2n) is 7.54. The molecule has 2 amide bonds. The monoisotopic (exact) mass is 426 g/mol. The minimum atomic E-state index is -4.44. The lowest BCUT2D eigenvalue weighted by Gasteiger charge is -2.23. The number of halogens is 3. The third-order valence-corrected chi connectivity index (χ3v) is 5.55. The maximum absolute atomic E-state index is 13.2. The molecule has 0 atom stereocenters. The van der Waals surface area contributed by atoms with Gasteiger partial charge in [0.05, 0.1) is 5.56 Å². The van der Waals surface area contributed by atoms with E-state index in [4.69, 9.17) is 0 Å². The van der Waals surface area contributed by atoms with Gasteiger partial charge in [-0.3, -0.25) is 9.59 Å². The quantitative estimate of drug-likeness (QED) is 0.588. The number of alkyl halides is 3. The molecule has 3 aromatic carbocycles. The van der Waals surface area contributed by atoms with Crippen molar-refractivity contribution in [1.29, 1.82) is 0 Å². The van der Waals surface area contributed by atoms with Crippen molar-refractivity contribution in [2.75, 3.05) is 26.2 Å². The first kappa shape index (κ1) is 20.9. The summed E-state index contributed by atoms with van der Waals surface area (Å²) < 4.78 is 38.3. The van der Waals surface area contributed by atoms with Crippen LogP contribution in [0.2, 0.25) is 0 Å². The van der Waals surface area contributed by atoms with Crippen LogP contribution >= 0.6 is 0 Å². The minimum absolute atomic E-state index is 0.0828. The van der Waals surface area contributed by atoms with Crippen LogP contribution in [0, 0.1) is 0 Å². The molecule has 0 N–H and O–H groups in total. The molecular formula is C24H21F3N2O2. The highest BCUT2D eigenvalue weighted by atomic mass is 19.4. The average molecular weight is 426 g/mol. The van der Waals surface area contributed by atoms with Crippen molar-refractivity contribution in [1.82, 2.24) is 9.80 Å². The average Bonchev–Trinajstić information content (AvgIpc) is 3.03. The summed E-state index contributed by atoms with van der Waals surface area (Å²) in [6, 6.07) is 17.6. The summed E-state index contributed by atoms with van der Waals surface area (Å²) in [5.74, 6) is -0.409. The van der Waals surface area contributed by atoms with Crippen molar-refractivity contribution in [3.63, 3.8) is 0 Å². The molecule has 1 aliphatic rings. The van der Waals surface area contributed by atoms with Gasteiger partial charge in [0, 0.05) is 37.3 Å². The van der Waals surface area contributed by atoms with Crippen LogP contribution in [0.5, 0.6) is 0 Å². The fraction of sp³-hybridized carbons (Fsp3) is 0.250. The predicted octanol–water partition coefficient (Wildman–Crippen LogP) is 4.85. The van der Waals surface area contributed by atoms with Crippen molar-refractivity contribution in [3.8, 4) is 0 Å². The number of hydrogen-bond acceptors (Lipinski definition) is 2. The fourth-order valence-corrected chi connectivity index (χ4v) is 3.89. The molecule has 0 unspecified atom stereocenters. The van der Waals surface area contributed by atoms with Gasteiger partial charge in [-0.05, 0) is 47.5 Å². The zero-order chi connectivity index (χ0) is 22.0. The van der Waals surface area contributed by atoms with E-state index in [1.54, 1.807) is 15.9 Å². The molecule has 0 radical (unpaired) electrons. The lowest BCUT2D eigenvalue weighted by molar-refractivity contribution is -0.137. The molecule has 160 valence electrons. The number of hydrogen-bond donors (Lipinski definition) is 0. The SMILES string of the molecule is O=C(c1ccc(C(F)(F)F)cc1)N1CCCN(C(=O)c2cccc3ccccc23)CC1. The summed E-state index contributed by atoms with van der Waals surface area (Å²) in [4.78, 5) is 29.3. The first-order valence-corrected chi connectivity index (χ1v) is 10.1. The third-order valence-electron chi connectivity index (χ3n) is 5.55. The molecule has 4 nitrogen and oxygen atoms in total. The van der Waals surface area contributed by atoms with E-state index in [1.165, 1.54) is 12.1 Å². The summed E-state index contributed by atoms with van der Waals surface area (Å²) in [5, 5.41) is 1.87. The van der Waals surface area contributed by atoms with E-state index in [-0.39, 0.29) is 17.4 Å². The topological polar surface area (TPSA) is 40.6 Å². The Labute approximate surface area is 177 Å². The van der Waals surface area contributed by atoms with Gasteiger partial charge in [0.15, 0.2) is 0 Å². The van der Waals surface area contributed by atoms with Crippen molar-refractivity contribution in [2.45, 2.75) is 12.6 Å². The van der Waals surface area contributed by atoms with Crippen LogP contribution in [-0.2, 0) is 6.18 Å². The van der Waals surface area contributed by atoms with Crippen molar-refractivity contribution in [3.05, 3.63) is 83.4 Å². The summed E-state index contributed by atoms with van der Waals surface area (Å²) in [7, 11) is 0. The van der Waals surface area contributed by atoms with E-state index in [9.17, 15) is 22.8 Å². The number of nitrogens with zero attached hydrogens (tertiary/aromatic N) is 2. The van der Waals surface area contributed by atoms with Crippen LogP contribution < -0.4 is 0 Å². The number of fused-ring (bicyclic) bond motifs is 1. The highest BCUT2D eigenvalue weighted by Crippen LogP contribution is 2.29. The number of amides is 2. The van der Waals surface area contributed by atoms with Gasteiger partial charge in [-0.15, -0.1) is 0 Å². The van der Waals surface area contributed by atoms with Gasteiger partial charge in [0.1, 0.15) is 0 Å². The van der Waals surface area contributed by atoms with E-state index in [1.807, 2.05) is 36.4 Å². The molecule has 0 saturated carbocycles. The summed E-state index contributed by atoms with van der Waals surface area (Å²) in [5.41, 5.74) is 0.0502. The van der Waals surface area contributed by atoms with Crippen LogP contribution in [-0.4, -0.2) is 47.8 Å². The lowest BCUT2D eigenvalue weighted by atomic mass is 10.0. The molecule has 1 saturated heterocycles. The number of rotatable bonds is 2. The number of carbonyl (C=O) groups excluding carboxylic acids is 2. The Bertz CT molecular complexity index is 1100. The van der Waals surface area contributed by atoms with Crippen LogP contribution in [0.25, 0.3) is 10.8 Å². The zero-order valence-corrected chi connectivity index (χ0v) is 16.7. The summed E-state index contributed by atoms with van der Waals surface area (Å²) in [6.07, 6.45) is -3.84. The Morgan fingerprint density at radius 2 is 1.32 bits per heavy atom. The molecular weight excluding hydrogens is 405 g/mol. The second kappa shape index (κ2) is 8.41. The van der Waals surface area contributed by atoms with E-state index in [0.29, 0.717) is 38.2 Å². The standard InChI is InChI=1S/C24H21F3N2O2/c25-24(26,27)19-11-9-18(10-12-19)22(30)28-13-4-14-29(16-15-28)23(31)21-8-3-6-17-5-1-2-7-20(17)21/h1-3,5-12H,4,13-16H2. The Morgan fingerprint density at radius 1 is 0.710 bits per heavy atom. The maximum Gasteiger partial charge on any atom is 0.416 e. The van der Waals surface area contributed by atoms with Gasteiger partial charge in [0.25, 0.3) is 11.8 Å². The van der Waals surface area contributed by atoms with Crippen LogP contribution in [0.4, 0.5) is 13.2 Å². The van der Waals surface area contributed by atoms with Crippen molar-refractivity contribution < 1.29 is 22.8 Å². The van der Waals surface area contributed by atoms with Gasteiger partial charge in [-0.2, -0.15) is 13.2 Å². The van der Waals surface area contributed by atoms with E-state index in [0.717, 1.165) is 22.9 Å². The molecule has 1 aliphatic heterocycles. The molecule has 1 heterocycles. The zero-order valence-electron chi connectivity index (χ0n) is 16.7. The second-order valence-corrected chi connectivity index (χ2v) is 7.54. The summed E-state index contributed by atoms with van der Waals surface area (Å²) >= 11 is 0. The molecule has 7 heteroatoms. The molecule has 3 aromatic rings. The molecule has 0 aliphatic carbocycles. The van der Waals surface area contributed by atoms with Gasteiger partial charge in [-0.25, -0.2) is 0 Å². The first-order valence-electron chi connectivity index (χ1n) is 10.1. The molecule has 31 heavy (non-hydrogen) atoms. The van der Waals surface area contributed by atoms with Crippen LogP contribution in [0.3, 0.4) is 0 Å². The van der Waals surface area contributed by atoms with Crippen molar-refractivity contribution >= 4 is 22.6 Å². The van der Waals surface area contributed by atoms with Gasteiger partial charge < -0.3 is 9.80 Å². The molecule has 4 rings (SSSR count). The number of benzene rings is 3. The van der Waals surface area contributed by atoms with Crippen molar-refractivity contribution in [2.24, 2.45) is 0 Å². The molecule has 0 aromatic heterocycles. The minimum Gasteiger partial charge on any atom is -0.337 e. The normalized spacial score (nSPS) is 15.1. The van der Waals surface area contributed by atoms with Crippen LogP contribution in [0.1, 0.15) is 32.7 Å². The predicted molar refractivity (Wildman–Crippen MR) is 112 cm³/mol. The largest absolute Gasteiger partial charge is 0.416 e. The van der Waals surface area contributed by atoms with E-state index >= 15 is 0 Å². The highest BCUT2D eigenvalue weighted by molar-refractivity contribution is 6.07. The van der Waals surface area contributed by atoms with Gasteiger partial charge in [-0.1, -0.05) is 36.4 Å². The van der Waals surface area contributed by atoms with E-state index < -0.39 is 11.7 Å². The van der Waals surface area contributed by atoms with Gasteiger partial charge in [0.2, 0.25) is 0 Å². The maximum atomic E-state index is 13.2. The lowest BCUT2D eigenvalue weighted by Crippen LogP contribution is -2.37. The van der Waals surface area contributed by atoms with E-state index in [2.05, 4.69) is 0 Å². The smallest absolute Gasteiger partial charge is 0.337 e. The third kappa shape index (κ3) is 4.40. The molecule has 1 fully saturated rings. The molecule has 0 spiro atoms. The first-order chi connectivity index (χ1) is 14.8. The Morgan fingerprint density at radius 3 is 2.00 bits per heavy atom.